The molecule has 2 atom stereocenters. The standard InChI is InChI=1S/C9H19N3O/c1-3-7(2)12-9(13)8-6-10-4-5-11-8/h7-8,10-11H,3-6H2,1-2H3,(H,12,13). The van der Waals surface area contributed by atoms with Crippen LogP contribution in [0.3, 0.4) is 0 Å². The van der Waals surface area contributed by atoms with Gasteiger partial charge in [0.15, 0.2) is 0 Å². The van der Waals surface area contributed by atoms with Crippen LogP contribution in [0.2, 0.25) is 0 Å². The Morgan fingerprint density at radius 2 is 2.38 bits per heavy atom. The summed E-state index contributed by atoms with van der Waals surface area (Å²) >= 11 is 0. The van der Waals surface area contributed by atoms with Crippen LogP contribution in [0.4, 0.5) is 0 Å². The van der Waals surface area contributed by atoms with Crippen molar-refractivity contribution < 1.29 is 4.79 Å². The monoisotopic (exact) mass is 185 g/mol. The van der Waals surface area contributed by atoms with Crippen LogP contribution in [0.25, 0.3) is 0 Å². The SMILES string of the molecule is CCC(C)NC(=O)C1CNCCN1. The van der Waals surface area contributed by atoms with Gasteiger partial charge in [-0.25, -0.2) is 0 Å². The Bertz CT molecular complexity index is 166. The number of hydrogen-bond donors (Lipinski definition) is 3. The first-order chi connectivity index (χ1) is 6.24. The first-order valence-corrected chi connectivity index (χ1v) is 4.98. The highest BCUT2D eigenvalue weighted by Crippen LogP contribution is 1.92. The van der Waals surface area contributed by atoms with Crippen LogP contribution in [-0.4, -0.2) is 37.6 Å². The molecule has 0 aromatic heterocycles. The lowest BCUT2D eigenvalue weighted by molar-refractivity contribution is -0.123. The number of carbonyl (C=O) groups excluding carboxylic acids is 1. The van der Waals surface area contributed by atoms with Gasteiger partial charge in [0.1, 0.15) is 0 Å². The third kappa shape index (κ3) is 3.32. The molecule has 4 nitrogen and oxygen atoms in total. The van der Waals surface area contributed by atoms with Crippen LogP contribution in [0.1, 0.15) is 20.3 Å². The Labute approximate surface area is 79.5 Å². The van der Waals surface area contributed by atoms with Crippen molar-refractivity contribution in [3.63, 3.8) is 0 Å². The van der Waals surface area contributed by atoms with E-state index in [2.05, 4.69) is 22.9 Å². The second-order valence-corrected chi connectivity index (χ2v) is 3.53. The van der Waals surface area contributed by atoms with Crippen LogP contribution >= 0.6 is 0 Å². The Balaban J connectivity index is 2.29. The van der Waals surface area contributed by atoms with Crippen LogP contribution < -0.4 is 16.0 Å². The predicted molar refractivity (Wildman–Crippen MR) is 52.6 cm³/mol. The van der Waals surface area contributed by atoms with Gasteiger partial charge < -0.3 is 16.0 Å². The van der Waals surface area contributed by atoms with Crippen molar-refractivity contribution in [1.82, 2.24) is 16.0 Å². The molecule has 0 saturated carbocycles. The topological polar surface area (TPSA) is 53.2 Å². The van der Waals surface area contributed by atoms with Gasteiger partial charge in [-0.3, -0.25) is 4.79 Å². The maximum absolute atomic E-state index is 11.6. The lowest BCUT2D eigenvalue weighted by Crippen LogP contribution is -2.56. The molecule has 0 spiro atoms. The fourth-order valence-corrected chi connectivity index (χ4v) is 1.28. The summed E-state index contributed by atoms with van der Waals surface area (Å²) in [4.78, 5) is 11.6. The number of amides is 1. The van der Waals surface area contributed by atoms with Gasteiger partial charge >= 0.3 is 0 Å². The number of hydrogen-bond acceptors (Lipinski definition) is 3. The van der Waals surface area contributed by atoms with Gasteiger partial charge in [-0.05, 0) is 13.3 Å². The van der Waals surface area contributed by atoms with Gasteiger partial charge in [-0.15, -0.1) is 0 Å². The maximum atomic E-state index is 11.6. The fraction of sp³-hybridized carbons (Fsp3) is 0.889. The molecule has 0 aromatic rings. The van der Waals surface area contributed by atoms with E-state index < -0.39 is 0 Å². The minimum absolute atomic E-state index is 0.0530. The average molecular weight is 185 g/mol. The number of piperazine rings is 1. The molecule has 1 amide bonds. The number of rotatable bonds is 3. The van der Waals surface area contributed by atoms with E-state index in [0.29, 0.717) is 0 Å². The fourth-order valence-electron chi connectivity index (χ4n) is 1.28. The normalized spacial score (nSPS) is 25.2. The second kappa shape index (κ2) is 5.19. The number of carbonyl (C=O) groups is 1. The molecule has 2 unspecified atom stereocenters. The summed E-state index contributed by atoms with van der Waals surface area (Å²) in [5.41, 5.74) is 0. The van der Waals surface area contributed by atoms with E-state index in [1.165, 1.54) is 0 Å². The Morgan fingerprint density at radius 1 is 1.62 bits per heavy atom. The molecule has 0 bridgehead atoms. The molecule has 1 aliphatic rings. The lowest BCUT2D eigenvalue weighted by atomic mass is 10.2. The molecule has 76 valence electrons. The molecule has 1 rings (SSSR count). The maximum Gasteiger partial charge on any atom is 0.238 e. The van der Waals surface area contributed by atoms with Crippen LogP contribution in [0.5, 0.6) is 0 Å². The van der Waals surface area contributed by atoms with E-state index >= 15 is 0 Å². The highest BCUT2D eigenvalue weighted by Gasteiger charge is 2.20. The van der Waals surface area contributed by atoms with E-state index in [4.69, 9.17) is 0 Å². The molecule has 0 aliphatic carbocycles. The Kier molecular flexibility index (Phi) is 4.18. The summed E-state index contributed by atoms with van der Waals surface area (Å²) in [5, 5.41) is 9.32. The molecule has 0 aromatic carbocycles. The summed E-state index contributed by atoms with van der Waals surface area (Å²) in [6, 6.07) is 0.221. The van der Waals surface area contributed by atoms with Gasteiger partial charge in [0.05, 0.1) is 6.04 Å². The summed E-state index contributed by atoms with van der Waals surface area (Å²) in [5.74, 6) is 0.113. The zero-order valence-corrected chi connectivity index (χ0v) is 8.39. The van der Waals surface area contributed by atoms with E-state index in [1.54, 1.807) is 0 Å². The summed E-state index contributed by atoms with van der Waals surface area (Å²) in [6.45, 7) is 6.65. The van der Waals surface area contributed by atoms with Crippen molar-refractivity contribution in [3.8, 4) is 0 Å². The Hall–Kier alpha value is -0.610. The van der Waals surface area contributed by atoms with Crippen LogP contribution in [0.15, 0.2) is 0 Å². The summed E-state index contributed by atoms with van der Waals surface area (Å²) in [7, 11) is 0. The molecule has 1 heterocycles. The largest absolute Gasteiger partial charge is 0.352 e. The Morgan fingerprint density at radius 3 is 2.92 bits per heavy atom. The molecule has 4 heteroatoms. The smallest absolute Gasteiger partial charge is 0.238 e. The zero-order valence-electron chi connectivity index (χ0n) is 8.39. The zero-order chi connectivity index (χ0) is 9.68. The molecule has 0 radical (unpaired) electrons. The molecule has 1 fully saturated rings. The molecular formula is C9H19N3O. The van der Waals surface area contributed by atoms with E-state index in [9.17, 15) is 4.79 Å². The lowest BCUT2D eigenvalue weighted by Gasteiger charge is -2.25. The van der Waals surface area contributed by atoms with Crippen molar-refractivity contribution in [1.29, 1.82) is 0 Å². The highest BCUT2D eigenvalue weighted by molar-refractivity contribution is 5.82. The minimum Gasteiger partial charge on any atom is -0.352 e. The van der Waals surface area contributed by atoms with Crippen molar-refractivity contribution >= 4 is 5.91 Å². The van der Waals surface area contributed by atoms with E-state index in [-0.39, 0.29) is 18.0 Å². The van der Waals surface area contributed by atoms with Gasteiger partial charge in [0, 0.05) is 25.7 Å². The quantitative estimate of drug-likeness (QED) is 0.553. The number of nitrogens with one attached hydrogen (secondary N) is 3. The molecular weight excluding hydrogens is 166 g/mol. The summed E-state index contributed by atoms with van der Waals surface area (Å²) in [6.07, 6.45) is 0.978. The van der Waals surface area contributed by atoms with Gasteiger partial charge in [0.25, 0.3) is 0 Å². The third-order valence-electron chi connectivity index (χ3n) is 2.36. The van der Waals surface area contributed by atoms with Crippen molar-refractivity contribution in [2.24, 2.45) is 0 Å². The van der Waals surface area contributed by atoms with Gasteiger partial charge in [-0.1, -0.05) is 6.92 Å². The highest BCUT2D eigenvalue weighted by atomic mass is 16.2. The predicted octanol–water partition coefficient (Wildman–Crippen LogP) is -0.537. The molecule has 1 aliphatic heterocycles. The minimum atomic E-state index is -0.0530. The van der Waals surface area contributed by atoms with Crippen molar-refractivity contribution in [2.75, 3.05) is 19.6 Å². The molecule has 3 N–H and O–H groups in total. The van der Waals surface area contributed by atoms with E-state index in [0.717, 1.165) is 26.1 Å². The van der Waals surface area contributed by atoms with Gasteiger partial charge in [-0.2, -0.15) is 0 Å². The van der Waals surface area contributed by atoms with Crippen molar-refractivity contribution in [2.45, 2.75) is 32.4 Å². The first-order valence-electron chi connectivity index (χ1n) is 4.98. The first kappa shape index (κ1) is 10.5. The van der Waals surface area contributed by atoms with Crippen LogP contribution in [0, 0.1) is 0 Å². The van der Waals surface area contributed by atoms with Crippen LogP contribution in [-0.2, 0) is 4.79 Å². The average Bonchev–Trinajstić information content (AvgIpc) is 2.19. The molecule has 1 saturated heterocycles. The second-order valence-electron chi connectivity index (χ2n) is 3.53. The molecule has 13 heavy (non-hydrogen) atoms. The van der Waals surface area contributed by atoms with Crippen molar-refractivity contribution in [3.05, 3.63) is 0 Å². The van der Waals surface area contributed by atoms with E-state index in [1.807, 2.05) is 6.92 Å². The van der Waals surface area contributed by atoms with Gasteiger partial charge in [0.2, 0.25) is 5.91 Å². The summed E-state index contributed by atoms with van der Waals surface area (Å²) < 4.78 is 0. The third-order valence-corrected chi connectivity index (χ3v) is 2.36.